The Labute approximate surface area is 348 Å². The molecule has 3 aliphatic heterocycles. The van der Waals surface area contributed by atoms with Crippen LogP contribution in [0.4, 0.5) is 4.79 Å². The van der Waals surface area contributed by atoms with Crippen LogP contribution in [0.2, 0.25) is 0 Å². The molecule has 8 rings (SSSR count). The highest BCUT2D eigenvalue weighted by atomic mass is 16.6. The monoisotopic (exact) mass is 819 g/mol. The molecule has 0 spiro atoms. The number of aromatic amines is 2. The van der Waals surface area contributed by atoms with Gasteiger partial charge in [-0.1, -0.05) is 39.8 Å². The number of amides is 3. The van der Waals surface area contributed by atoms with Crippen LogP contribution in [-0.4, -0.2) is 100 Å². The molecule has 15 nitrogen and oxygen atoms in total. The number of esters is 1. The molecule has 0 aliphatic carbocycles. The minimum atomic E-state index is -0.715. The topological polar surface area (TPSA) is 181 Å². The van der Waals surface area contributed by atoms with Crippen molar-refractivity contribution in [2.45, 2.75) is 77.9 Å². The summed E-state index contributed by atoms with van der Waals surface area (Å²) in [5.41, 5.74) is 6.84. The fourth-order valence-corrected chi connectivity index (χ4v) is 8.89. The third-order valence-electron chi connectivity index (χ3n) is 12.1. The van der Waals surface area contributed by atoms with Crippen molar-refractivity contribution in [3.8, 4) is 33.8 Å². The van der Waals surface area contributed by atoms with Gasteiger partial charge in [-0.05, 0) is 85.0 Å². The van der Waals surface area contributed by atoms with Gasteiger partial charge in [0.15, 0.2) is 11.5 Å². The second-order valence-electron chi connectivity index (χ2n) is 16.6. The zero-order valence-electron chi connectivity index (χ0n) is 35.0. The molecule has 2 aromatic heterocycles. The molecule has 5 heterocycles. The Bertz CT molecular complexity index is 2270. The predicted molar refractivity (Wildman–Crippen MR) is 224 cm³/mol. The number of nitrogens with one attached hydrogen (secondary N) is 3. The number of fused-ring (bicyclic) bond motifs is 3. The normalized spacial score (nSPS) is 18.7. The Morgan fingerprint density at radius 3 is 1.72 bits per heavy atom. The van der Waals surface area contributed by atoms with Gasteiger partial charge in [0, 0.05) is 24.2 Å². The van der Waals surface area contributed by atoms with Crippen LogP contribution in [0.5, 0.6) is 11.5 Å². The molecule has 3 amide bonds. The highest BCUT2D eigenvalue weighted by Gasteiger charge is 2.39. The highest BCUT2D eigenvalue weighted by Crippen LogP contribution is 2.47. The summed E-state index contributed by atoms with van der Waals surface area (Å²) in [6.07, 6.45) is 2.62. The summed E-state index contributed by atoms with van der Waals surface area (Å²) in [6.45, 7) is 9.71. The Hall–Kier alpha value is -6.12. The summed E-state index contributed by atoms with van der Waals surface area (Å²) >= 11 is 0. The number of carbonyl (C=O) groups is 4. The van der Waals surface area contributed by atoms with Crippen molar-refractivity contribution >= 4 is 45.9 Å². The summed E-state index contributed by atoms with van der Waals surface area (Å²) in [7, 11) is 2.64. The van der Waals surface area contributed by atoms with E-state index < -0.39 is 18.1 Å². The predicted octanol–water partition coefficient (Wildman–Crippen LogP) is 7.09. The van der Waals surface area contributed by atoms with Crippen LogP contribution in [0.3, 0.4) is 0 Å². The first-order valence-electron chi connectivity index (χ1n) is 20.9. The van der Waals surface area contributed by atoms with Crippen LogP contribution in [0, 0.1) is 17.8 Å². The lowest BCUT2D eigenvalue weighted by atomic mass is 9.91. The van der Waals surface area contributed by atoms with Crippen LogP contribution in [0.15, 0.2) is 48.5 Å². The number of hydrogen-bond acceptors (Lipinski definition) is 10. The Kier molecular flexibility index (Phi) is 11.4. The second kappa shape index (κ2) is 16.9. The van der Waals surface area contributed by atoms with E-state index in [9.17, 15) is 19.2 Å². The van der Waals surface area contributed by atoms with Crippen molar-refractivity contribution in [2.24, 2.45) is 17.8 Å². The molecule has 0 unspecified atom stereocenters. The number of carbonyl (C=O) groups excluding carboxylic acids is 4. The lowest BCUT2D eigenvalue weighted by Crippen LogP contribution is -2.51. The molecule has 15 heteroatoms. The average molecular weight is 820 g/mol. The first-order valence-corrected chi connectivity index (χ1v) is 20.9. The lowest BCUT2D eigenvalue weighted by molar-refractivity contribution is -0.148. The van der Waals surface area contributed by atoms with Gasteiger partial charge in [-0.25, -0.2) is 14.8 Å². The zero-order valence-corrected chi connectivity index (χ0v) is 35.0. The SMILES string of the molecule is COC(=O)C[C@H](C(=O)N1CCC[C@H]1c1nc2ccc(-c3ccc(-c4ccc5nc([C@@H]6CCCN6C(=O)[C@@H](NC(=O)OC)C(C)C)[nH]c5c4)c4c3OCCO4)cc2[nH]1)C(C)C. The highest BCUT2D eigenvalue weighted by molar-refractivity contribution is 5.91. The lowest BCUT2D eigenvalue weighted by Gasteiger charge is -2.29. The van der Waals surface area contributed by atoms with Gasteiger partial charge in [-0.3, -0.25) is 14.4 Å². The summed E-state index contributed by atoms with van der Waals surface area (Å²) in [5.74, 6) is 1.53. The van der Waals surface area contributed by atoms with Gasteiger partial charge in [0.1, 0.15) is 30.9 Å². The number of imidazole rings is 2. The maximum atomic E-state index is 13.8. The standard InChI is InChI=1S/C45H53N7O8/c1-24(2)30(23-37(53)57-5)43(54)51-17-7-9-35(51)41-46-31-15-11-26(21-33(31)48-41)28-13-14-29(40-39(28)59-19-20-60-40)27-12-16-32-34(22-27)49-42(47-32)36-10-8-18-52(36)44(55)38(25(3)4)50-45(56)58-6/h11-16,21-22,24-25,30,35-36,38H,7-10,17-20,23H2,1-6H3,(H,46,48)(H,47,49)(H,50,56)/t30-,35-,36-,38-/m0/s1. The zero-order chi connectivity index (χ0) is 42.2. The molecule has 2 saturated heterocycles. The largest absolute Gasteiger partial charge is 0.485 e. The molecule has 316 valence electrons. The average Bonchev–Trinajstić information content (AvgIpc) is 4.08. The van der Waals surface area contributed by atoms with Crippen molar-refractivity contribution in [3.63, 3.8) is 0 Å². The van der Waals surface area contributed by atoms with E-state index in [4.69, 9.17) is 28.9 Å². The van der Waals surface area contributed by atoms with Crippen molar-refractivity contribution in [3.05, 3.63) is 60.2 Å². The van der Waals surface area contributed by atoms with E-state index in [1.165, 1.54) is 14.2 Å². The number of H-pyrrole nitrogens is 2. The molecule has 3 aliphatic rings. The summed E-state index contributed by atoms with van der Waals surface area (Å²) in [4.78, 5) is 72.3. The molecule has 3 N–H and O–H groups in total. The maximum Gasteiger partial charge on any atom is 0.407 e. The van der Waals surface area contributed by atoms with E-state index in [0.29, 0.717) is 43.6 Å². The van der Waals surface area contributed by atoms with Crippen molar-refractivity contribution in [1.82, 2.24) is 35.1 Å². The Morgan fingerprint density at radius 2 is 1.25 bits per heavy atom. The van der Waals surface area contributed by atoms with E-state index in [1.54, 1.807) is 0 Å². The number of methoxy groups -OCH3 is 2. The number of ether oxygens (including phenoxy) is 4. The van der Waals surface area contributed by atoms with Crippen LogP contribution in [-0.2, 0) is 23.9 Å². The van der Waals surface area contributed by atoms with Crippen molar-refractivity contribution < 1.29 is 38.1 Å². The molecule has 60 heavy (non-hydrogen) atoms. The van der Waals surface area contributed by atoms with Gasteiger partial charge in [-0.15, -0.1) is 0 Å². The van der Waals surface area contributed by atoms with E-state index in [0.717, 1.165) is 75.8 Å². The molecular formula is C45H53N7O8. The number of aromatic nitrogens is 4. The van der Waals surface area contributed by atoms with Crippen molar-refractivity contribution in [2.75, 3.05) is 40.5 Å². The minimum absolute atomic E-state index is 0.0182. The van der Waals surface area contributed by atoms with E-state index in [1.807, 2.05) is 80.0 Å². The quantitative estimate of drug-likeness (QED) is 0.117. The first-order chi connectivity index (χ1) is 28.9. The molecule has 5 aromatic rings. The van der Waals surface area contributed by atoms with Gasteiger partial charge in [0.25, 0.3) is 0 Å². The number of rotatable bonds is 11. The Balaban J connectivity index is 1.05. The third-order valence-corrected chi connectivity index (χ3v) is 12.1. The molecule has 0 bridgehead atoms. The maximum absolute atomic E-state index is 13.8. The molecule has 3 aromatic carbocycles. The van der Waals surface area contributed by atoms with Crippen LogP contribution in [0.25, 0.3) is 44.3 Å². The molecule has 4 atom stereocenters. The summed E-state index contributed by atoms with van der Waals surface area (Å²) < 4.78 is 22.3. The van der Waals surface area contributed by atoms with E-state index in [-0.39, 0.29) is 48.1 Å². The van der Waals surface area contributed by atoms with Crippen LogP contribution >= 0.6 is 0 Å². The van der Waals surface area contributed by atoms with Gasteiger partial charge < -0.3 is 44.0 Å². The number of likely N-dealkylation sites (tertiary alicyclic amines) is 2. The van der Waals surface area contributed by atoms with E-state index >= 15 is 0 Å². The third kappa shape index (κ3) is 7.72. The number of benzene rings is 3. The Morgan fingerprint density at radius 1 is 0.733 bits per heavy atom. The van der Waals surface area contributed by atoms with Gasteiger partial charge >= 0.3 is 12.1 Å². The number of nitrogens with zero attached hydrogens (tertiary/aromatic N) is 4. The number of alkyl carbamates (subject to hydrolysis) is 1. The molecule has 0 radical (unpaired) electrons. The molecule has 2 fully saturated rings. The van der Waals surface area contributed by atoms with Crippen LogP contribution < -0.4 is 14.8 Å². The smallest absolute Gasteiger partial charge is 0.407 e. The van der Waals surface area contributed by atoms with Crippen LogP contribution in [0.1, 0.15) is 83.5 Å². The summed E-state index contributed by atoms with van der Waals surface area (Å²) in [6, 6.07) is 15.0. The summed E-state index contributed by atoms with van der Waals surface area (Å²) in [5, 5.41) is 2.71. The fourth-order valence-electron chi connectivity index (χ4n) is 8.89. The van der Waals surface area contributed by atoms with Gasteiger partial charge in [0.2, 0.25) is 11.8 Å². The first kappa shape index (κ1) is 40.7. The fraction of sp³-hybridized carbons (Fsp3) is 0.467. The second-order valence-corrected chi connectivity index (χ2v) is 16.6. The molecule has 0 saturated carbocycles. The number of hydrogen-bond donors (Lipinski definition) is 3. The van der Waals surface area contributed by atoms with Crippen molar-refractivity contribution in [1.29, 1.82) is 0 Å². The van der Waals surface area contributed by atoms with Gasteiger partial charge in [-0.2, -0.15) is 0 Å². The molecular weight excluding hydrogens is 767 g/mol. The van der Waals surface area contributed by atoms with E-state index in [2.05, 4.69) is 21.4 Å². The van der Waals surface area contributed by atoms with Gasteiger partial charge in [0.05, 0.1) is 60.7 Å². The minimum Gasteiger partial charge on any atom is -0.485 e.